The molecule has 0 atom stereocenters. The summed E-state index contributed by atoms with van der Waals surface area (Å²) in [7, 11) is 1.84. The maximum atomic E-state index is 4.56. The Labute approximate surface area is 158 Å². The molecule has 6 heteroatoms. The monoisotopic (exact) mass is 358 g/mol. The topological polar surface area (TPSA) is 55.8 Å². The number of aromatic nitrogens is 1. The average Bonchev–Trinajstić information content (AvgIpc) is 2.72. The zero-order chi connectivity index (χ0) is 18.0. The van der Waals surface area contributed by atoms with E-state index in [0.29, 0.717) is 0 Å². The smallest absolute Gasteiger partial charge is 0.191 e. The predicted octanol–water partition coefficient (Wildman–Crippen LogP) is 2.22. The maximum Gasteiger partial charge on any atom is 0.191 e. The van der Waals surface area contributed by atoms with Crippen LogP contribution >= 0.6 is 0 Å². The number of hydrogen-bond donors (Lipinski definition) is 2. The Bertz CT molecular complexity index is 561. The lowest BCUT2D eigenvalue weighted by Gasteiger charge is -2.28. The van der Waals surface area contributed by atoms with Gasteiger partial charge in [-0.1, -0.05) is 6.42 Å². The molecule has 3 rings (SSSR count). The summed E-state index contributed by atoms with van der Waals surface area (Å²) < 4.78 is 0. The summed E-state index contributed by atoms with van der Waals surface area (Å²) in [5, 5.41) is 6.86. The maximum absolute atomic E-state index is 4.56. The molecule has 2 aliphatic rings. The molecule has 6 nitrogen and oxygen atoms in total. The predicted molar refractivity (Wildman–Crippen MR) is 109 cm³/mol. The molecule has 0 unspecified atom stereocenters. The van der Waals surface area contributed by atoms with Crippen molar-refractivity contribution in [3.63, 3.8) is 0 Å². The number of nitrogens with one attached hydrogen (secondary N) is 2. The highest BCUT2D eigenvalue weighted by Crippen LogP contribution is 2.18. The first-order valence-electron chi connectivity index (χ1n) is 10.2. The van der Waals surface area contributed by atoms with E-state index < -0.39 is 0 Å². The molecule has 2 aliphatic heterocycles. The Morgan fingerprint density at radius 3 is 2.50 bits per heavy atom. The van der Waals surface area contributed by atoms with Crippen LogP contribution in [-0.4, -0.2) is 62.2 Å². The molecule has 2 saturated heterocycles. The Morgan fingerprint density at radius 2 is 1.77 bits per heavy atom. The molecule has 0 spiro atoms. The van der Waals surface area contributed by atoms with Gasteiger partial charge in [0.25, 0.3) is 0 Å². The Hall–Kier alpha value is -1.82. The highest BCUT2D eigenvalue weighted by Gasteiger charge is 2.12. The third kappa shape index (κ3) is 5.87. The van der Waals surface area contributed by atoms with Crippen LogP contribution in [0, 0.1) is 0 Å². The minimum Gasteiger partial charge on any atom is -0.357 e. The van der Waals surface area contributed by atoms with Crippen molar-refractivity contribution in [1.29, 1.82) is 0 Å². The third-order valence-electron chi connectivity index (χ3n) is 5.34. The molecule has 3 heterocycles. The van der Waals surface area contributed by atoms with Gasteiger partial charge in [0.15, 0.2) is 5.96 Å². The molecule has 144 valence electrons. The van der Waals surface area contributed by atoms with Gasteiger partial charge in [-0.3, -0.25) is 4.99 Å². The molecule has 2 N–H and O–H groups in total. The van der Waals surface area contributed by atoms with Gasteiger partial charge in [-0.15, -0.1) is 0 Å². The lowest BCUT2D eigenvalue weighted by atomic mass is 10.1. The summed E-state index contributed by atoms with van der Waals surface area (Å²) in [6.07, 6.45) is 9.89. The molecule has 26 heavy (non-hydrogen) atoms. The molecule has 0 saturated carbocycles. The van der Waals surface area contributed by atoms with Gasteiger partial charge in [0, 0.05) is 46.0 Å². The number of nitrogens with zero attached hydrogens (tertiary/aromatic N) is 4. The molecule has 0 aromatic carbocycles. The van der Waals surface area contributed by atoms with Crippen molar-refractivity contribution in [2.24, 2.45) is 4.99 Å². The second-order valence-corrected chi connectivity index (χ2v) is 7.32. The van der Waals surface area contributed by atoms with Gasteiger partial charge >= 0.3 is 0 Å². The highest BCUT2D eigenvalue weighted by molar-refractivity contribution is 5.79. The van der Waals surface area contributed by atoms with Crippen LogP contribution in [0.25, 0.3) is 0 Å². The fraction of sp³-hybridized carbons (Fsp3) is 0.700. The van der Waals surface area contributed by atoms with E-state index in [1.165, 1.54) is 57.2 Å². The number of likely N-dealkylation sites (tertiary alicyclic amines) is 1. The van der Waals surface area contributed by atoms with Crippen LogP contribution in [0.15, 0.2) is 23.3 Å². The first-order chi connectivity index (χ1) is 12.8. The van der Waals surface area contributed by atoms with Crippen molar-refractivity contribution in [1.82, 2.24) is 20.5 Å². The number of hydrogen-bond acceptors (Lipinski definition) is 4. The van der Waals surface area contributed by atoms with Crippen molar-refractivity contribution < 1.29 is 0 Å². The molecule has 2 fully saturated rings. The largest absolute Gasteiger partial charge is 0.357 e. The summed E-state index contributed by atoms with van der Waals surface area (Å²) in [6.45, 7) is 7.54. The van der Waals surface area contributed by atoms with Crippen molar-refractivity contribution in [2.75, 3.05) is 51.2 Å². The van der Waals surface area contributed by atoms with E-state index in [0.717, 1.165) is 44.5 Å². The van der Waals surface area contributed by atoms with E-state index in [4.69, 9.17) is 0 Å². The van der Waals surface area contributed by atoms with E-state index in [9.17, 15) is 0 Å². The third-order valence-corrected chi connectivity index (χ3v) is 5.34. The Kier molecular flexibility index (Phi) is 7.55. The molecular formula is C20H34N6. The second kappa shape index (κ2) is 10.4. The van der Waals surface area contributed by atoms with Gasteiger partial charge in [0.2, 0.25) is 0 Å². The lowest BCUT2D eigenvalue weighted by molar-refractivity contribution is 0.232. The summed E-state index contributed by atoms with van der Waals surface area (Å²) in [5.74, 6) is 1.98. The van der Waals surface area contributed by atoms with Crippen molar-refractivity contribution in [2.45, 2.75) is 45.1 Å². The lowest BCUT2D eigenvalue weighted by Crippen LogP contribution is -2.42. The number of aliphatic imine (C=N–C) groups is 1. The first-order valence-corrected chi connectivity index (χ1v) is 10.2. The summed E-state index contributed by atoms with van der Waals surface area (Å²) >= 11 is 0. The van der Waals surface area contributed by atoms with E-state index in [2.05, 4.69) is 42.5 Å². The number of pyridine rings is 1. The van der Waals surface area contributed by atoms with E-state index >= 15 is 0 Å². The molecule has 0 aliphatic carbocycles. The molecular weight excluding hydrogens is 324 g/mol. The van der Waals surface area contributed by atoms with Crippen LogP contribution in [0.4, 0.5) is 5.82 Å². The normalized spacial score (nSPS) is 19.4. The summed E-state index contributed by atoms with van der Waals surface area (Å²) in [5.41, 5.74) is 1.25. The zero-order valence-electron chi connectivity index (χ0n) is 16.2. The van der Waals surface area contributed by atoms with Gasteiger partial charge in [-0.05, 0) is 62.9 Å². The molecule has 1 aromatic heterocycles. The minimum atomic E-state index is 0.771. The van der Waals surface area contributed by atoms with Crippen molar-refractivity contribution >= 4 is 11.8 Å². The second-order valence-electron chi connectivity index (χ2n) is 7.32. The SMILES string of the molecule is CN=C(NCCN1CCCCC1)NCc1ccnc(N2CCCCC2)c1. The van der Waals surface area contributed by atoms with Crippen molar-refractivity contribution in [3.8, 4) is 0 Å². The number of anilines is 1. The zero-order valence-corrected chi connectivity index (χ0v) is 16.2. The Morgan fingerprint density at radius 1 is 1.04 bits per heavy atom. The van der Waals surface area contributed by atoms with E-state index in [-0.39, 0.29) is 0 Å². The number of piperidine rings is 2. The minimum absolute atomic E-state index is 0.771. The molecule has 0 bridgehead atoms. The van der Waals surface area contributed by atoms with Crippen LogP contribution < -0.4 is 15.5 Å². The van der Waals surface area contributed by atoms with Gasteiger partial charge in [-0.2, -0.15) is 0 Å². The van der Waals surface area contributed by atoms with Gasteiger partial charge in [0.05, 0.1) is 0 Å². The fourth-order valence-electron chi connectivity index (χ4n) is 3.79. The first kappa shape index (κ1) is 19.0. The number of guanidine groups is 1. The highest BCUT2D eigenvalue weighted by atomic mass is 15.2. The van der Waals surface area contributed by atoms with Crippen LogP contribution in [0.5, 0.6) is 0 Å². The molecule has 1 aromatic rings. The van der Waals surface area contributed by atoms with E-state index in [1.54, 1.807) is 0 Å². The van der Waals surface area contributed by atoms with Crippen molar-refractivity contribution in [3.05, 3.63) is 23.9 Å². The quantitative estimate of drug-likeness (QED) is 0.603. The number of rotatable bonds is 6. The van der Waals surface area contributed by atoms with Gasteiger partial charge < -0.3 is 20.4 Å². The summed E-state index contributed by atoms with van der Waals surface area (Å²) in [4.78, 5) is 13.8. The van der Waals surface area contributed by atoms with Gasteiger partial charge in [0.1, 0.15) is 5.82 Å². The fourth-order valence-corrected chi connectivity index (χ4v) is 3.79. The standard InChI is InChI=1S/C20H34N6/c1-21-20(23-10-15-25-11-4-2-5-12-25)24-17-18-8-9-22-19(16-18)26-13-6-3-7-14-26/h8-9,16H,2-7,10-15,17H2,1H3,(H2,21,23,24). The van der Waals surface area contributed by atoms with Crippen LogP contribution in [0.1, 0.15) is 44.1 Å². The average molecular weight is 359 g/mol. The molecule has 0 amide bonds. The van der Waals surface area contributed by atoms with Gasteiger partial charge in [-0.25, -0.2) is 4.98 Å². The van der Waals surface area contributed by atoms with Crippen LogP contribution in [0.3, 0.4) is 0 Å². The van der Waals surface area contributed by atoms with Crippen LogP contribution in [-0.2, 0) is 6.54 Å². The summed E-state index contributed by atoms with van der Waals surface area (Å²) in [6, 6.07) is 4.29. The Balaban J connectivity index is 1.42. The van der Waals surface area contributed by atoms with Crippen LogP contribution in [0.2, 0.25) is 0 Å². The van der Waals surface area contributed by atoms with E-state index in [1.807, 2.05) is 13.2 Å². The molecule has 0 radical (unpaired) electrons.